The standard InChI is InChI=1S/C17H30N4/c1-14(2)20(4)17-8-7-16(11-19-17)13-21-9-5-6-15(12-21)10-18-3/h7-8,11,14-15,18H,5-6,9-10,12-13H2,1-4H3. The largest absolute Gasteiger partial charge is 0.357 e. The average molecular weight is 290 g/mol. The van der Waals surface area contributed by atoms with Gasteiger partial charge in [-0.3, -0.25) is 4.90 Å². The minimum absolute atomic E-state index is 0.479. The molecule has 1 saturated heterocycles. The van der Waals surface area contributed by atoms with Crippen molar-refractivity contribution in [3.8, 4) is 0 Å². The van der Waals surface area contributed by atoms with Crippen LogP contribution in [0.5, 0.6) is 0 Å². The van der Waals surface area contributed by atoms with E-state index in [1.54, 1.807) is 0 Å². The lowest BCUT2D eigenvalue weighted by Gasteiger charge is -2.32. The summed E-state index contributed by atoms with van der Waals surface area (Å²) in [7, 11) is 4.15. The third-order valence-corrected chi connectivity index (χ3v) is 4.45. The number of hydrogen-bond donors (Lipinski definition) is 1. The van der Waals surface area contributed by atoms with Gasteiger partial charge in [-0.05, 0) is 64.4 Å². The van der Waals surface area contributed by atoms with E-state index in [0.29, 0.717) is 6.04 Å². The second kappa shape index (κ2) is 7.76. The second-order valence-electron chi connectivity index (χ2n) is 6.53. The van der Waals surface area contributed by atoms with Crippen LogP contribution in [0.15, 0.2) is 18.3 Å². The molecule has 1 aromatic heterocycles. The Hall–Kier alpha value is -1.13. The Morgan fingerprint density at radius 3 is 2.86 bits per heavy atom. The maximum Gasteiger partial charge on any atom is 0.128 e. The molecule has 0 bridgehead atoms. The van der Waals surface area contributed by atoms with Crippen molar-refractivity contribution >= 4 is 5.82 Å². The molecule has 1 aromatic rings. The molecule has 0 aromatic carbocycles. The second-order valence-corrected chi connectivity index (χ2v) is 6.53. The molecule has 2 heterocycles. The summed E-state index contributed by atoms with van der Waals surface area (Å²) in [5.41, 5.74) is 1.32. The van der Waals surface area contributed by atoms with Gasteiger partial charge in [0, 0.05) is 32.4 Å². The molecular weight excluding hydrogens is 260 g/mol. The average Bonchev–Trinajstić information content (AvgIpc) is 2.48. The van der Waals surface area contributed by atoms with Gasteiger partial charge < -0.3 is 10.2 Å². The summed E-state index contributed by atoms with van der Waals surface area (Å²) in [5, 5.41) is 3.31. The highest BCUT2D eigenvalue weighted by atomic mass is 15.2. The van der Waals surface area contributed by atoms with Crippen LogP contribution in [0.4, 0.5) is 5.82 Å². The van der Waals surface area contributed by atoms with Crippen LogP contribution in [0.1, 0.15) is 32.3 Å². The zero-order valence-electron chi connectivity index (χ0n) is 14.0. The van der Waals surface area contributed by atoms with Gasteiger partial charge in [0.25, 0.3) is 0 Å². The van der Waals surface area contributed by atoms with E-state index in [1.807, 2.05) is 13.2 Å². The molecule has 0 amide bonds. The summed E-state index contributed by atoms with van der Waals surface area (Å²) in [6, 6.07) is 4.85. The van der Waals surface area contributed by atoms with Crippen LogP contribution in [0, 0.1) is 5.92 Å². The summed E-state index contributed by atoms with van der Waals surface area (Å²) in [5.74, 6) is 1.85. The number of nitrogens with one attached hydrogen (secondary N) is 1. The van der Waals surface area contributed by atoms with E-state index < -0.39 is 0 Å². The van der Waals surface area contributed by atoms with Gasteiger partial charge in [-0.1, -0.05) is 6.07 Å². The number of hydrogen-bond acceptors (Lipinski definition) is 4. The van der Waals surface area contributed by atoms with Gasteiger partial charge in [-0.2, -0.15) is 0 Å². The van der Waals surface area contributed by atoms with Crippen LogP contribution in [0.2, 0.25) is 0 Å². The molecule has 0 spiro atoms. The third kappa shape index (κ3) is 4.68. The predicted octanol–water partition coefficient (Wildman–Crippen LogP) is 2.36. The molecule has 4 heteroatoms. The number of aromatic nitrogens is 1. The number of nitrogens with zero attached hydrogens (tertiary/aromatic N) is 3. The van der Waals surface area contributed by atoms with E-state index in [1.165, 1.54) is 31.5 Å². The van der Waals surface area contributed by atoms with Crippen molar-refractivity contribution < 1.29 is 0 Å². The van der Waals surface area contributed by atoms with Crippen molar-refractivity contribution in [2.45, 2.75) is 39.3 Å². The fourth-order valence-corrected chi connectivity index (χ4v) is 2.99. The number of piperidine rings is 1. The molecule has 1 atom stereocenters. The molecule has 2 rings (SSSR count). The first kappa shape index (κ1) is 16.2. The predicted molar refractivity (Wildman–Crippen MR) is 89.7 cm³/mol. The third-order valence-electron chi connectivity index (χ3n) is 4.45. The normalized spacial score (nSPS) is 20.0. The van der Waals surface area contributed by atoms with Crippen LogP contribution < -0.4 is 10.2 Å². The summed E-state index contributed by atoms with van der Waals surface area (Å²) < 4.78 is 0. The van der Waals surface area contributed by atoms with E-state index >= 15 is 0 Å². The van der Waals surface area contributed by atoms with Crippen LogP contribution >= 0.6 is 0 Å². The minimum atomic E-state index is 0.479. The number of likely N-dealkylation sites (tertiary alicyclic amines) is 1. The first-order chi connectivity index (χ1) is 10.1. The number of pyridine rings is 1. The van der Waals surface area contributed by atoms with E-state index in [0.717, 1.165) is 24.8 Å². The molecule has 0 aliphatic carbocycles. The van der Waals surface area contributed by atoms with Crippen LogP contribution in [0.25, 0.3) is 0 Å². The van der Waals surface area contributed by atoms with Crippen molar-refractivity contribution in [1.82, 2.24) is 15.2 Å². The smallest absolute Gasteiger partial charge is 0.128 e. The molecule has 1 N–H and O–H groups in total. The lowest BCUT2D eigenvalue weighted by molar-refractivity contribution is 0.166. The van der Waals surface area contributed by atoms with Gasteiger partial charge in [-0.25, -0.2) is 4.98 Å². The Bertz CT molecular complexity index is 413. The fourth-order valence-electron chi connectivity index (χ4n) is 2.99. The summed E-state index contributed by atoms with van der Waals surface area (Å²) >= 11 is 0. The fraction of sp³-hybridized carbons (Fsp3) is 0.706. The van der Waals surface area contributed by atoms with E-state index in [-0.39, 0.29) is 0 Å². The molecule has 4 nitrogen and oxygen atoms in total. The Kier molecular flexibility index (Phi) is 6.00. The summed E-state index contributed by atoms with van der Waals surface area (Å²) in [6.45, 7) is 8.95. The van der Waals surface area contributed by atoms with Gasteiger partial charge in [0.05, 0.1) is 0 Å². The zero-order valence-corrected chi connectivity index (χ0v) is 14.0. The van der Waals surface area contributed by atoms with E-state index in [4.69, 9.17) is 0 Å². The molecule has 118 valence electrons. The molecule has 1 fully saturated rings. The monoisotopic (exact) mass is 290 g/mol. The first-order valence-electron chi connectivity index (χ1n) is 8.15. The van der Waals surface area contributed by atoms with Crippen LogP contribution in [0.3, 0.4) is 0 Å². The Morgan fingerprint density at radius 2 is 2.24 bits per heavy atom. The molecule has 1 unspecified atom stereocenters. The van der Waals surface area contributed by atoms with Crippen molar-refractivity contribution in [2.24, 2.45) is 5.92 Å². The Labute approximate surface area is 129 Å². The number of rotatable bonds is 6. The highest BCUT2D eigenvalue weighted by molar-refractivity contribution is 5.39. The van der Waals surface area contributed by atoms with Crippen molar-refractivity contribution in [3.63, 3.8) is 0 Å². The number of anilines is 1. The van der Waals surface area contributed by atoms with E-state index in [2.05, 4.69) is 53.1 Å². The van der Waals surface area contributed by atoms with Crippen molar-refractivity contribution in [2.75, 3.05) is 38.6 Å². The van der Waals surface area contributed by atoms with Gasteiger partial charge in [0.1, 0.15) is 5.82 Å². The highest BCUT2D eigenvalue weighted by Crippen LogP contribution is 2.19. The molecule has 0 saturated carbocycles. The Morgan fingerprint density at radius 1 is 1.43 bits per heavy atom. The first-order valence-corrected chi connectivity index (χ1v) is 8.15. The van der Waals surface area contributed by atoms with Gasteiger partial charge in [0.2, 0.25) is 0 Å². The maximum absolute atomic E-state index is 4.61. The maximum atomic E-state index is 4.61. The van der Waals surface area contributed by atoms with E-state index in [9.17, 15) is 0 Å². The highest BCUT2D eigenvalue weighted by Gasteiger charge is 2.19. The molecule has 0 radical (unpaired) electrons. The molecular formula is C17H30N4. The van der Waals surface area contributed by atoms with Crippen LogP contribution in [-0.2, 0) is 6.54 Å². The SMILES string of the molecule is CNCC1CCCN(Cc2ccc(N(C)C(C)C)nc2)C1. The molecule has 1 aliphatic rings. The summed E-state index contributed by atoms with van der Waals surface area (Å²) in [4.78, 5) is 9.37. The quantitative estimate of drug-likeness (QED) is 0.871. The Balaban J connectivity index is 1.91. The lowest BCUT2D eigenvalue weighted by atomic mass is 9.98. The van der Waals surface area contributed by atoms with Gasteiger partial charge in [-0.15, -0.1) is 0 Å². The van der Waals surface area contributed by atoms with Crippen molar-refractivity contribution in [1.29, 1.82) is 0 Å². The minimum Gasteiger partial charge on any atom is -0.357 e. The molecule has 1 aliphatic heterocycles. The zero-order chi connectivity index (χ0) is 15.2. The topological polar surface area (TPSA) is 31.4 Å². The lowest BCUT2D eigenvalue weighted by Crippen LogP contribution is -2.38. The van der Waals surface area contributed by atoms with Crippen LogP contribution in [-0.4, -0.2) is 49.7 Å². The van der Waals surface area contributed by atoms with Gasteiger partial charge in [0.15, 0.2) is 0 Å². The summed E-state index contributed by atoms with van der Waals surface area (Å²) in [6.07, 6.45) is 4.71. The van der Waals surface area contributed by atoms with Gasteiger partial charge >= 0.3 is 0 Å². The molecule has 21 heavy (non-hydrogen) atoms. The van der Waals surface area contributed by atoms with Crippen molar-refractivity contribution in [3.05, 3.63) is 23.9 Å².